The number of hydrogen-bond acceptors (Lipinski definition) is 7. The summed E-state index contributed by atoms with van der Waals surface area (Å²) < 4.78 is 27.5. The highest BCUT2D eigenvalue weighted by atomic mass is 19.1. The van der Waals surface area contributed by atoms with Crippen molar-refractivity contribution >= 4 is 23.2 Å². The highest BCUT2D eigenvalue weighted by molar-refractivity contribution is 5.76. The number of alkyl halides is 1. The molecule has 1 amide bonds. The molecule has 170 valence electrons. The molecule has 3 atom stereocenters. The number of amides is 1. The van der Waals surface area contributed by atoms with E-state index in [9.17, 15) is 9.18 Å². The minimum atomic E-state index is -1.51. The fourth-order valence-electron chi connectivity index (χ4n) is 4.27. The number of aromatic nitrogens is 5. The smallest absolute Gasteiger partial charge is 0.407 e. The summed E-state index contributed by atoms with van der Waals surface area (Å²) in [5.74, 6) is 1.14. The number of carbonyl (C=O) groups excluding carboxylic acids is 1. The molecule has 2 aliphatic rings. The standard InChI is InChI=1S/C21H26FN7O3/c1-11(2)24-21(30)32-15-10-31-19(17(15)22)14-9-16(27-26-14)25-20-18-12-5-3-4-6-13(12)28-29(18)8-7-23-20/h7-9,11,15,17,19H,3-6,10H2,1-2H3,(H,24,30)(H2,23,25,26,27)/t15-,17+,19-/m1/s1. The van der Waals surface area contributed by atoms with Gasteiger partial charge >= 0.3 is 6.09 Å². The van der Waals surface area contributed by atoms with E-state index >= 15 is 0 Å². The van der Waals surface area contributed by atoms with Crippen LogP contribution >= 0.6 is 0 Å². The molecular formula is C21H26FN7O3. The number of aromatic amines is 1. The fourth-order valence-corrected chi connectivity index (χ4v) is 4.27. The van der Waals surface area contributed by atoms with Crippen LogP contribution in [0.3, 0.4) is 0 Å². The van der Waals surface area contributed by atoms with E-state index in [0.29, 0.717) is 17.3 Å². The predicted octanol–water partition coefficient (Wildman–Crippen LogP) is 2.99. The van der Waals surface area contributed by atoms with E-state index in [1.807, 2.05) is 10.7 Å². The van der Waals surface area contributed by atoms with Crippen LogP contribution in [0.5, 0.6) is 0 Å². The number of alkyl carbamates (subject to hydrolysis) is 1. The first kappa shape index (κ1) is 20.7. The van der Waals surface area contributed by atoms with E-state index in [1.165, 1.54) is 5.56 Å². The zero-order chi connectivity index (χ0) is 22.2. The van der Waals surface area contributed by atoms with E-state index in [-0.39, 0.29) is 12.6 Å². The van der Waals surface area contributed by atoms with E-state index in [2.05, 4.69) is 30.9 Å². The Kier molecular flexibility index (Phi) is 5.41. The van der Waals surface area contributed by atoms with Crippen LogP contribution < -0.4 is 10.6 Å². The van der Waals surface area contributed by atoms with Gasteiger partial charge in [0.1, 0.15) is 11.6 Å². The quantitative estimate of drug-likeness (QED) is 0.555. The van der Waals surface area contributed by atoms with Crippen molar-refractivity contribution in [2.24, 2.45) is 0 Å². The second-order valence-corrected chi connectivity index (χ2v) is 8.48. The highest BCUT2D eigenvalue weighted by Crippen LogP contribution is 2.34. The minimum Gasteiger partial charge on any atom is -0.441 e. The van der Waals surface area contributed by atoms with Gasteiger partial charge in [0.25, 0.3) is 0 Å². The minimum absolute atomic E-state index is 0.0258. The second-order valence-electron chi connectivity index (χ2n) is 8.48. The van der Waals surface area contributed by atoms with Gasteiger partial charge in [-0.15, -0.1) is 0 Å². The maximum Gasteiger partial charge on any atom is 0.407 e. The van der Waals surface area contributed by atoms with Crippen LogP contribution in [0.15, 0.2) is 18.5 Å². The summed E-state index contributed by atoms with van der Waals surface area (Å²) in [4.78, 5) is 16.3. The lowest BCUT2D eigenvalue weighted by atomic mass is 9.97. The average molecular weight is 443 g/mol. The predicted molar refractivity (Wildman–Crippen MR) is 114 cm³/mol. The molecule has 0 aromatic carbocycles. The lowest BCUT2D eigenvalue weighted by Gasteiger charge is -2.16. The van der Waals surface area contributed by atoms with Crippen LogP contribution in [0.25, 0.3) is 5.52 Å². The van der Waals surface area contributed by atoms with Gasteiger partial charge < -0.3 is 20.1 Å². The van der Waals surface area contributed by atoms with Crippen molar-refractivity contribution in [2.75, 3.05) is 11.9 Å². The average Bonchev–Trinajstić information content (AvgIpc) is 3.45. The Morgan fingerprint density at radius 2 is 2.22 bits per heavy atom. The molecule has 0 radical (unpaired) electrons. The van der Waals surface area contributed by atoms with E-state index in [4.69, 9.17) is 9.47 Å². The van der Waals surface area contributed by atoms with Crippen molar-refractivity contribution in [3.05, 3.63) is 35.4 Å². The topological polar surface area (TPSA) is 118 Å². The van der Waals surface area contributed by atoms with Crippen LogP contribution in [-0.2, 0) is 22.3 Å². The van der Waals surface area contributed by atoms with Crippen LogP contribution in [0.2, 0.25) is 0 Å². The Labute approximate surface area is 183 Å². The van der Waals surface area contributed by atoms with Crippen molar-refractivity contribution in [1.82, 2.24) is 30.1 Å². The summed E-state index contributed by atoms with van der Waals surface area (Å²) in [7, 11) is 0. The van der Waals surface area contributed by atoms with Gasteiger partial charge in [0.05, 0.1) is 18.0 Å². The molecule has 1 fully saturated rings. The van der Waals surface area contributed by atoms with E-state index < -0.39 is 24.5 Å². The molecule has 0 spiro atoms. The first-order chi connectivity index (χ1) is 15.5. The molecule has 3 aromatic heterocycles. The molecule has 11 heteroatoms. The second kappa shape index (κ2) is 8.38. The van der Waals surface area contributed by atoms with Crippen LogP contribution in [0.1, 0.15) is 49.7 Å². The molecule has 4 heterocycles. The summed E-state index contributed by atoms with van der Waals surface area (Å²) in [6, 6.07) is 1.58. The van der Waals surface area contributed by atoms with E-state index in [0.717, 1.165) is 36.9 Å². The zero-order valence-corrected chi connectivity index (χ0v) is 18.0. The van der Waals surface area contributed by atoms with Gasteiger partial charge in [0.2, 0.25) is 0 Å². The fraction of sp³-hybridized carbons (Fsp3) is 0.524. The molecule has 0 bridgehead atoms. The molecule has 3 N–H and O–H groups in total. The van der Waals surface area contributed by atoms with Crippen LogP contribution in [-0.4, -0.2) is 55.8 Å². The van der Waals surface area contributed by atoms with Crippen LogP contribution in [0.4, 0.5) is 20.8 Å². The molecule has 10 nitrogen and oxygen atoms in total. The summed E-state index contributed by atoms with van der Waals surface area (Å²) in [6.45, 7) is 3.58. The number of anilines is 2. The number of hydrogen-bond donors (Lipinski definition) is 3. The molecular weight excluding hydrogens is 417 g/mol. The molecule has 1 saturated heterocycles. The SMILES string of the molecule is CC(C)NC(=O)O[C@@H]1CO[C@H](c2cc(Nc3nccn4nc5c(c34)CCCC5)n[nH]2)[C@H]1F. The maximum absolute atomic E-state index is 14.9. The number of rotatable bonds is 5. The number of fused-ring (bicyclic) bond motifs is 3. The third kappa shape index (κ3) is 3.88. The van der Waals surface area contributed by atoms with Gasteiger partial charge in [-0.25, -0.2) is 18.7 Å². The van der Waals surface area contributed by atoms with Crippen molar-refractivity contribution in [2.45, 2.75) is 64.0 Å². The molecule has 0 saturated carbocycles. The highest BCUT2D eigenvalue weighted by Gasteiger charge is 2.42. The van der Waals surface area contributed by atoms with Crippen molar-refractivity contribution < 1.29 is 18.7 Å². The summed E-state index contributed by atoms with van der Waals surface area (Å²) in [5.41, 5.74) is 3.72. The van der Waals surface area contributed by atoms with Crippen LogP contribution in [0, 0.1) is 0 Å². The molecule has 32 heavy (non-hydrogen) atoms. The Bertz CT molecular complexity index is 1130. The number of halogens is 1. The molecule has 0 unspecified atom stereocenters. The molecule has 3 aromatic rings. The first-order valence-corrected chi connectivity index (χ1v) is 10.9. The maximum atomic E-state index is 14.9. The van der Waals surface area contributed by atoms with Gasteiger partial charge in [0, 0.05) is 30.1 Å². The van der Waals surface area contributed by atoms with Gasteiger partial charge in [-0.05, 0) is 39.5 Å². The number of H-pyrrole nitrogens is 1. The lowest BCUT2D eigenvalue weighted by Crippen LogP contribution is -2.36. The van der Waals surface area contributed by atoms with Gasteiger partial charge in [0.15, 0.2) is 23.9 Å². The first-order valence-electron chi connectivity index (χ1n) is 10.9. The molecule has 1 aliphatic heterocycles. The molecule has 1 aliphatic carbocycles. The van der Waals surface area contributed by atoms with Crippen molar-refractivity contribution in [3.63, 3.8) is 0 Å². The monoisotopic (exact) mass is 443 g/mol. The van der Waals surface area contributed by atoms with Gasteiger partial charge in [-0.2, -0.15) is 10.2 Å². The number of aryl methyl sites for hydroxylation is 2. The normalized spacial score (nSPS) is 22.8. The van der Waals surface area contributed by atoms with E-state index in [1.54, 1.807) is 26.1 Å². The lowest BCUT2D eigenvalue weighted by molar-refractivity contribution is 0.0615. The van der Waals surface area contributed by atoms with Gasteiger partial charge in [-0.1, -0.05) is 0 Å². The zero-order valence-electron chi connectivity index (χ0n) is 18.0. The number of nitrogens with zero attached hydrogens (tertiary/aromatic N) is 4. The Balaban J connectivity index is 1.31. The molecule has 5 rings (SSSR count). The largest absolute Gasteiger partial charge is 0.441 e. The van der Waals surface area contributed by atoms with Crippen molar-refractivity contribution in [3.8, 4) is 0 Å². The summed E-state index contributed by atoms with van der Waals surface area (Å²) in [5, 5.41) is 17.5. The van der Waals surface area contributed by atoms with Crippen molar-refractivity contribution in [1.29, 1.82) is 0 Å². The Hall–Kier alpha value is -3.21. The number of carbonyl (C=O) groups is 1. The summed E-state index contributed by atoms with van der Waals surface area (Å²) >= 11 is 0. The third-order valence-electron chi connectivity index (χ3n) is 5.72. The number of nitrogens with one attached hydrogen (secondary N) is 3. The number of ether oxygens (including phenoxy) is 2. The van der Waals surface area contributed by atoms with Gasteiger partial charge in [-0.3, -0.25) is 5.10 Å². The Morgan fingerprint density at radius 3 is 3.06 bits per heavy atom. The summed E-state index contributed by atoms with van der Waals surface area (Å²) in [6.07, 6.45) is 3.68. The third-order valence-corrected chi connectivity index (χ3v) is 5.72. The Morgan fingerprint density at radius 1 is 1.38 bits per heavy atom.